The Morgan fingerprint density at radius 1 is 0.967 bits per heavy atom. The molecule has 3 aromatic rings. The molecule has 154 valence electrons. The molecular formula is C21H17ClN2O5S. The van der Waals surface area contributed by atoms with Gasteiger partial charge in [0.25, 0.3) is 15.9 Å². The standard InChI is InChI=1S/C21H17ClN2O5S/c22-18-8-7-15(24-30(26,27)16-4-2-1-3-5-16)11-17(18)21(25)23-12-14-6-9-19-20(10-14)29-13-28-19/h1-11,24H,12-13H2,(H,23,25). The van der Waals surface area contributed by atoms with Gasteiger partial charge in [-0.15, -0.1) is 0 Å². The van der Waals surface area contributed by atoms with E-state index >= 15 is 0 Å². The molecular weight excluding hydrogens is 428 g/mol. The fourth-order valence-electron chi connectivity index (χ4n) is 2.90. The van der Waals surface area contributed by atoms with Crippen LogP contribution in [-0.2, 0) is 16.6 Å². The lowest BCUT2D eigenvalue weighted by atomic mass is 10.1. The summed E-state index contributed by atoms with van der Waals surface area (Å²) >= 11 is 6.16. The number of sulfonamides is 1. The zero-order chi connectivity index (χ0) is 21.1. The Labute approximate surface area is 178 Å². The van der Waals surface area contributed by atoms with Gasteiger partial charge in [0, 0.05) is 12.2 Å². The van der Waals surface area contributed by atoms with E-state index < -0.39 is 15.9 Å². The third-order valence-corrected chi connectivity index (χ3v) is 6.13. The first-order valence-corrected chi connectivity index (χ1v) is 10.8. The third-order valence-electron chi connectivity index (χ3n) is 4.41. The van der Waals surface area contributed by atoms with Crippen LogP contribution in [0.1, 0.15) is 15.9 Å². The number of halogens is 1. The van der Waals surface area contributed by atoms with Gasteiger partial charge in [0.2, 0.25) is 6.79 Å². The lowest BCUT2D eigenvalue weighted by Crippen LogP contribution is -2.23. The van der Waals surface area contributed by atoms with Crippen molar-refractivity contribution in [2.24, 2.45) is 0 Å². The van der Waals surface area contributed by atoms with Crippen molar-refractivity contribution >= 4 is 33.2 Å². The van der Waals surface area contributed by atoms with Crippen LogP contribution in [0, 0.1) is 0 Å². The van der Waals surface area contributed by atoms with E-state index in [2.05, 4.69) is 10.0 Å². The summed E-state index contributed by atoms with van der Waals surface area (Å²) in [6, 6.07) is 17.7. The van der Waals surface area contributed by atoms with Gasteiger partial charge >= 0.3 is 0 Å². The van der Waals surface area contributed by atoms with Crippen LogP contribution in [0.2, 0.25) is 5.02 Å². The van der Waals surface area contributed by atoms with Crippen LogP contribution in [0.25, 0.3) is 0 Å². The number of benzene rings is 3. The van der Waals surface area contributed by atoms with Gasteiger partial charge in [0.1, 0.15) is 0 Å². The van der Waals surface area contributed by atoms with Gasteiger partial charge in [0.05, 0.1) is 15.5 Å². The predicted molar refractivity (Wildman–Crippen MR) is 112 cm³/mol. The van der Waals surface area contributed by atoms with E-state index in [1.54, 1.807) is 30.3 Å². The van der Waals surface area contributed by atoms with Crippen LogP contribution >= 0.6 is 11.6 Å². The lowest BCUT2D eigenvalue weighted by Gasteiger charge is -2.11. The summed E-state index contributed by atoms with van der Waals surface area (Å²) in [5, 5.41) is 2.98. The summed E-state index contributed by atoms with van der Waals surface area (Å²) in [7, 11) is -3.78. The minimum atomic E-state index is -3.78. The van der Waals surface area contributed by atoms with Gasteiger partial charge in [-0.05, 0) is 48.0 Å². The molecule has 0 saturated carbocycles. The summed E-state index contributed by atoms with van der Waals surface area (Å²) in [4.78, 5) is 12.8. The van der Waals surface area contributed by atoms with E-state index in [1.165, 1.54) is 30.3 Å². The van der Waals surface area contributed by atoms with E-state index in [4.69, 9.17) is 21.1 Å². The molecule has 1 amide bonds. The molecule has 0 aliphatic carbocycles. The van der Waals surface area contributed by atoms with Crippen molar-refractivity contribution in [3.8, 4) is 11.5 Å². The monoisotopic (exact) mass is 444 g/mol. The first kappa shape index (κ1) is 20.1. The largest absolute Gasteiger partial charge is 0.454 e. The van der Waals surface area contributed by atoms with Crippen molar-refractivity contribution in [1.82, 2.24) is 5.32 Å². The highest BCUT2D eigenvalue weighted by Gasteiger charge is 2.17. The average molecular weight is 445 g/mol. The molecule has 1 aliphatic heterocycles. The third kappa shape index (κ3) is 4.34. The van der Waals surface area contributed by atoms with Crippen LogP contribution in [0.4, 0.5) is 5.69 Å². The number of anilines is 1. The summed E-state index contributed by atoms with van der Waals surface area (Å²) < 4.78 is 38.1. The zero-order valence-corrected chi connectivity index (χ0v) is 17.2. The Morgan fingerprint density at radius 3 is 2.53 bits per heavy atom. The number of carbonyl (C=O) groups is 1. The van der Waals surface area contributed by atoms with Crippen molar-refractivity contribution < 1.29 is 22.7 Å². The molecule has 0 radical (unpaired) electrons. The molecule has 2 N–H and O–H groups in total. The van der Waals surface area contributed by atoms with E-state index in [9.17, 15) is 13.2 Å². The topological polar surface area (TPSA) is 93.7 Å². The lowest BCUT2D eigenvalue weighted by molar-refractivity contribution is 0.0951. The molecule has 30 heavy (non-hydrogen) atoms. The molecule has 0 bridgehead atoms. The molecule has 1 heterocycles. The summed E-state index contributed by atoms with van der Waals surface area (Å²) in [6.07, 6.45) is 0. The average Bonchev–Trinajstić information content (AvgIpc) is 3.22. The minimum absolute atomic E-state index is 0.119. The number of ether oxygens (including phenoxy) is 2. The number of amides is 1. The molecule has 0 fully saturated rings. The smallest absolute Gasteiger partial charge is 0.261 e. The van der Waals surface area contributed by atoms with E-state index in [0.29, 0.717) is 11.5 Å². The molecule has 0 unspecified atom stereocenters. The maximum absolute atomic E-state index is 12.6. The summed E-state index contributed by atoms with van der Waals surface area (Å²) in [5.74, 6) is 0.849. The van der Waals surface area contributed by atoms with Gasteiger partial charge in [-0.3, -0.25) is 9.52 Å². The molecule has 0 atom stereocenters. The predicted octanol–water partition coefficient (Wildman–Crippen LogP) is 3.80. The van der Waals surface area contributed by atoms with Crippen molar-refractivity contribution in [1.29, 1.82) is 0 Å². The molecule has 3 aromatic carbocycles. The maximum Gasteiger partial charge on any atom is 0.261 e. The van der Waals surface area contributed by atoms with Crippen molar-refractivity contribution in [2.75, 3.05) is 11.5 Å². The highest BCUT2D eigenvalue weighted by atomic mass is 35.5. The highest BCUT2D eigenvalue weighted by molar-refractivity contribution is 7.92. The van der Waals surface area contributed by atoms with E-state index in [1.807, 2.05) is 6.07 Å². The number of fused-ring (bicyclic) bond motifs is 1. The quantitative estimate of drug-likeness (QED) is 0.603. The normalized spacial score (nSPS) is 12.4. The van der Waals surface area contributed by atoms with Crippen molar-refractivity contribution in [3.05, 3.63) is 82.9 Å². The number of hydrogen-bond donors (Lipinski definition) is 2. The molecule has 7 nitrogen and oxygen atoms in total. The summed E-state index contributed by atoms with van der Waals surface area (Å²) in [5.41, 5.74) is 1.21. The van der Waals surface area contributed by atoms with Gasteiger partial charge < -0.3 is 14.8 Å². The van der Waals surface area contributed by atoms with Crippen LogP contribution < -0.4 is 19.5 Å². The van der Waals surface area contributed by atoms with E-state index in [0.717, 1.165) is 5.56 Å². The van der Waals surface area contributed by atoms with Gasteiger partial charge in [0.15, 0.2) is 11.5 Å². The number of hydrogen-bond acceptors (Lipinski definition) is 5. The Kier molecular flexibility index (Phi) is 5.52. The zero-order valence-electron chi connectivity index (χ0n) is 15.6. The number of nitrogens with one attached hydrogen (secondary N) is 2. The van der Waals surface area contributed by atoms with Crippen LogP contribution in [0.3, 0.4) is 0 Å². The van der Waals surface area contributed by atoms with Gasteiger partial charge in [-0.1, -0.05) is 35.9 Å². The minimum Gasteiger partial charge on any atom is -0.454 e. The Morgan fingerprint density at radius 2 is 1.73 bits per heavy atom. The fourth-order valence-corrected chi connectivity index (χ4v) is 4.18. The van der Waals surface area contributed by atoms with Crippen molar-refractivity contribution in [2.45, 2.75) is 11.4 Å². The first-order chi connectivity index (χ1) is 14.4. The molecule has 1 aliphatic rings. The fraction of sp³-hybridized carbons (Fsp3) is 0.0952. The number of carbonyl (C=O) groups excluding carboxylic acids is 1. The van der Waals surface area contributed by atoms with Crippen molar-refractivity contribution in [3.63, 3.8) is 0 Å². The van der Waals surface area contributed by atoms with Gasteiger partial charge in [-0.2, -0.15) is 0 Å². The van der Waals surface area contributed by atoms with Crippen LogP contribution in [0.15, 0.2) is 71.6 Å². The van der Waals surface area contributed by atoms with Gasteiger partial charge in [-0.25, -0.2) is 8.42 Å². The van der Waals surface area contributed by atoms with Crippen LogP contribution in [0.5, 0.6) is 11.5 Å². The van der Waals surface area contributed by atoms with E-state index in [-0.39, 0.29) is 34.5 Å². The van der Waals surface area contributed by atoms with Crippen LogP contribution in [-0.4, -0.2) is 21.1 Å². The second kappa shape index (κ2) is 8.25. The molecule has 0 aromatic heterocycles. The Hall–Kier alpha value is -3.23. The number of rotatable bonds is 6. The Balaban J connectivity index is 1.48. The second-order valence-electron chi connectivity index (χ2n) is 6.48. The maximum atomic E-state index is 12.6. The highest BCUT2D eigenvalue weighted by Crippen LogP contribution is 2.32. The molecule has 0 spiro atoms. The molecule has 0 saturated heterocycles. The molecule has 4 rings (SSSR count). The first-order valence-electron chi connectivity index (χ1n) is 8.96. The second-order valence-corrected chi connectivity index (χ2v) is 8.57. The Bertz CT molecular complexity index is 1200. The SMILES string of the molecule is O=C(NCc1ccc2c(c1)OCO2)c1cc(NS(=O)(=O)c2ccccc2)ccc1Cl. The molecule has 9 heteroatoms. The summed E-state index contributed by atoms with van der Waals surface area (Å²) in [6.45, 7) is 0.415.